The third-order valence-electron chi connectivity index (χ3n) is 3.89. The lowest BCUT2D eigenvalue weighted by molar-refractivity contribution is 0.400. The van der Waals surface area contributed by atoms with Crippen molar-refractivity contribution in [2.45, 2.75) is 18.7 Å². The van der Waals surface area contributed by atoms with E-state index in [1.54, 1.807) is 32.0 Å². The fraction of sp³-hybridized carbons (Fsp3) is 0.118. The first-order valence-electron chi connectivity index (χ1n) is 7.34. The highest BCUT2D eigenvalue weighted by Gasteiger charge is 2.24. The topological polar surface area (TPSA) is 86.2 Å². The summed E-state index contributed by atoms with van der Waals surface area (Å²) in [7, 11) is -4.39. The van der Waals surface area contributed by atoms with Gasteiger partial charge in [-0.15, -0.1) is 0 Å². The van der Waals surface area contributed by atoms with Crippen LogP contribution in [0.2, 0.25) is 5.02 Å². The van der Waals surface area contributed by atoms with Gasteiger partial charge in [0.05, 0.1) is 5.56 Å². The van der Waals surface area contributed by atoms with E-state index in [0.717, 1.165) is 11.6 Å². The third kappa shape index (κ3) is 3.23. The average Bonchev–Trinajstić information content (AvgIpc) is 2.92. The number of nitrogens with two attached hydrogens (primary N) is 1. The average molecular weight is 399 g/mol. The lowest BCUT2D eigenvalue weighted by atomic mass is 9.98. The quantitative estimate of drug-likeness (QED) is 0.716. The van der Waals surface area contributed by atoms with E-state index >= 15 is 0 Å². The molecule has 26 heavy (non-hydrogen) atoms. The van der Waals surface area contributed by atoms with Gasteiger partial charge in [-0.3, -0.25) is 0 Å². The maximum atomic E-state index is 14.6. The molecule has 0 bridgehead atoms. The molecule has 0 saturated carbocycles. The molecule has 0 atom stereocenters. The Morgan fingerprint density at radius 2 is 1.81 bits per heavy atom. The van der Waals surface area contributed by atoms with E-state index in [1.807, 2.05) is 0 Å². The van der Waals surface area contributed by atoms with Gasteiger partial charge in [0.25, 0.3) is 0 Å². The first-order chi connectivity index (χ1) is 12.1. The molecule has 9 heteroatoms. The van der Waals surface area contributed by atoms with Crippen molar-refractivity contribution in [1.82, 2.24) is 5.16 Å². The number of nitrogens with zero attached hydrogens (tertiary/aromatic N) is 1. The lowest BCUT2D eigenvalue weighted by Crippen LogP contribution is -2.14. The highest BCUT2D eigenvalue weighted by atomic mass is 35.5. The van der Waals surface area contributed by atoms with Crippen molar-refractivity contribution in [3.63, 3.8) is 0 Å². The highest BCUT2D eigenvalue weighted by molar-refractivity contribution is 7.89. The second-order valence-electron chi connectivity index (χ2n) is 5.73. The van der Waals surface area contributed by atoms with Crippen LogP contribution in [-0.4, -0.2) is 13.6 Å². The predicted molar refractivity (Wildman–Crippen MR) is 93.1 cm³/mol. The summed E-state index contributed by atoms with van der Waals surface area (Å²) >= 11 is 6.01. The van der Waals surface area contributed by atoms with Crippen molar-refractivity contribution < 1.29 is 21.7 Å². The number of hydrogen-bond acceptors (Lipinski definition) is 4. The second kappa shape index (κ2) is 6.46. The first kappa shape index (κ1) is 18.5. The van der Waals surface area contributed by atoms with E-state index in [4.69, 9.17) is 21.3 Å². The number of rotatable bonds is 3. The van der Waals surface area contributed by atoms with Crippen molar-refractivity contribution >= 4 is 21.6 Å². The molecule has 0 aliphatic rings. The van der Waals surface area contributed by atoms with Crippen LogP contribution in [0.5, 0.6) is 0 Å². The van der Waals surface area contributed by atoms with Crippen molar-refractivity contribution in [1.29, 1.82) is 0 Å². The fourth-order valence-electron chi connectivity index (χ4n) is 2.62. The molecule has 0 aliphatic heterocycles. The van der Waals surface area contributed by atoms with Crippen LogP contribution in [0.15, 0.2) is 39.8 Å². The molecule has 1 heterocycles. The maximum Gasteiger partial charge on any atom is 0.241 e. The zero-order chi connectivity index (χ0) is 19.2. The Kier molecular flexibility index (Phi) is 4.60. The van der Waals surface area contributed by atoms with Crippen LogP contribution in [-0.2, 0) is 10.0 Å². The summed E-state index contributed by atoms with van der Waals surface area (Å²) in [5.74, 6) is -1.88. The van der Waals surface area contributed by atoms with Gasteiger partial charge in [0.2, 0.25) is 10.0 Å². The Labute approximate surface area is 153 Å². The molecular formula is C17H13ClF2N2O3S. The number of hydrogen-bond donors (Lipinski definition) is 1. The van der Waals surface area contributed by atoms with Crippen LogP contribution in [0, 0.1) is 25.5 Å². The maximum absolute atomic E-state index is 14.6. The Morgan fingerprint density at radius 1 is 1.12 bits per heavy atom. The molecule has 2 aromatic carbocycles. The summed E-state index contributed by atoms with van der Waals surface area (Å²) < 4.78 is 56.6. The van der Waals surface area contributed by atoms with Gasteiger partial charge in [-0.05, 0) is 43.7 Å². The van der Waals surface area contributed by atoms with Gasteiger partial charge in [0.15, 0.2) is 0 Å². The van der Waals surface area contributed by atoms with Crippen LogP contribution >= 0.6 is 11.6 Å². The molecule has 0 aliphatic carbocycles. The molecule has 2 N–H and O–H groups in total. The van der Waals surface area contributed by atoms with Crippen molar-refractivity contribution in [3.8, 4) is 22.4 Å². The molecule has 3 aromatic rings. The molecule has 0 spiro atoms. The zero-order valence-electron chi connectivity index (χ0n) is 13.7. The smallest absolute Gasteiger partial charge is 0.241 e. The van der Waals surface area contributed by atoms with Crippen LogP contribution in [0.1, 0.15) is 11.3 Å². The first-order valence-corrected chi connectivity index (χ1v) is 9.27. The summed E-state index contributed by atoms with van der Waals surface area (Å²) in [4.78, 5) is -0.920. The monoisotopic (exact) mass is 398 g/mol. The molecular weight excluding hydrogens is 386 g/mol. The number of aromatic nitrogens is 1. The zero-order valence-corrected chi connectivity index (χ0v) is 15.3. The van der Waals surface area contributed by atoms with Gasteiger partial charge < -0.3 is 4.52 Å². The number of halogens is 3. The Hall–Kier alpha value is -2.29. The SMILES string of the molecule is Cc1cc(-c2noc(C)c2-c2cc(F)c(S(N)(=O)=O)cc2F)ccc1Cl. The summed E-state index contributed by atoms with van der Waals surface area (Å²) in [5, 5.41) is 9.37. The minimum absolute atomic E-state index is 0.184. The predicted octanol–water partition coefficient (Wildman–Crippen LogP) is 4.20. The summed E-state index contributed by atoms with van der Waals surface area (Å²) in [6.07, 6.45) is 0. The number of primary sulfonamides is 1. The summed E-state index contributed by atoms with van der Waals surface area (Å²) in [6, 6.07) is 6.37. The van der Waals surface area contributed by atoms with E-state index in [9.17, 15) is 17.2 Å². The number of aryl methyl sites for hydroxylation is 2. The molecule has 3 rings (SSSR count). The second-order valence-corrected chi connectivity index (χ2v) is 7.67. The van der Waals surface area contributed by atoms with Gasteiger partial charge in [-0.1, -0.05) is 22.8 Å². The standard InChI is InChI=1S/C17H13ClF2N2O3S/c1-8-5-10(3-4-12(8)18)17-16(9(2)25-22-17)11-6-14(20)15(7-13(11)19)26(21,23)24/h3-7H,1-2H3,(H2,21,23,24). The van der Waals surface area contributed by atoms with E-state index in [-0.39, 0.29) is 22.6 Å². The van der Waals surface area contributed by atoms with Gasteiger partial charge in [0, 0.05) is 16.1 Å². The summed E-state index contributed by atoms with van der Waals surface area (Å²) in [5.41, 5.74) is 1.67. The van der Waals surface area contributed by atoms with E-state index in [0.29, 0.717) is 16.7 Å². The summed E-state index contributed by atoms with van der Waals surface area (Å²) in [6.45, 7) is 3.33. The molecule has 0 amide bonds. The van der Waals surface area contributed by atoms with Gasteiger partial charge in [-0.2, -0.15) is 0 Å². The fourth-order valence-corrected chi connectivity index (χ4v) is 3.33. The lowest BCUT2D eigenvalue weighted by Gasteiger charge is -2.08. The van der Waals surface area contributed by atoms with E-state index in [1.165, 1.54) is 0 Å². The normalized spacial score (nSPS) is 11.8. The van der Waals surface area contributed by atoms with Crippen molar-refractivity contribution in [2.24, 2.45) is 5.14 Å². The highest BCUT2D eigenvalue weighted by Crippen LogP contribution is 2.37. The number of benzene rings is 2. The third-order valence-corrected chi connectivity index (χ3v) is 5.24. The minimum atomic E-state index is -4.39. The van der Waals surface area contributed by atoms with Gasteiger partial charge in [0.1, 0.15) is 28.0 Å². The van der Waals surface area contributed by atoms with Crippen LogP contribution < -0.4 is 5.14 Å². The van der Waals surface area contributed by atoms with Crippen LogP contribution in [0.4, 0.5) is 8.78 Å². The molecule has 1 aromatic heterocycles. The molecule has 0 saturated heterocycles. The molecule has 5 nitrogen and oxygen atoms in total. The Balaban J connectivity index is 2.24. The minimum Gasteiger partial charge on any atom is -0.360 e. The Bertz CT molecular complexity index is 1130. The molecule has 0 fully saturated rings. The van der Waals surface area contributed by atoms with E-state index in [2.05, 4.69) is 5.16 Å². The van der Waals surface area contributed by atoms with Crippen LogP contribution in [0.3, 0.4) is 0 Å². The van der Waals surface area contributed by atoms with Crippen LogP contribution in [0.25, 0.3) is 22.4 Å². The molecule has 0 radical (unpaired) electrons. The van der Waals surface area contributed by atoms with Gasteiger partial charge in [-0.25, -0.2) is 22.3 Å². The largest absolute Gasteiger partial charge is 0.360 e. The van der Waals surface area contributed by atoms with E-state index < -0.39 is 26.6 Å². The molecule has 0 unspecified atom stereocenters. The Morgan fingerprint density at radius 3 is 2.42 bits per heavy atom. The molecule has 136 valence electrons. The number of sulfonamides is 1. The van der Waals surface area contributed by atoms with Crippen molar-refractivity contribution in [3.05, 3.63) is 58.3 Å². The van der Waals surface area contributed by atoms with Crippen molar-refractivity contribution in [2.75, 3.05) is 0 Å². The van der Waals surface area contributed by atoms with Gasteiger partial charge >= 0.3 is 0 Å².